The van der Waals surface area contributed by atoms with Crippen LogP contribution in [0.15, 0.2) is 0 Å². The summed E-state index contributed by atoms with van der Waals surface area (Å²) in [6, 6.07) is -0.0535. The van der Waals surface area contributed by atoms with Crippen molar-refractivity contribution in [3.05, 3.63) is 0 Å². The van der Waals surface area contributed by atoms with Crippen molar-refractivity contribution in [2.45, 2.75) is 32.7 Å². The van der Waals surface area contributed by atoms with Crippen molar-refractivity contribution in [1.29, 1.82) is 0 Å². The molecule has 1 saturated heterocycles. The highest BCUT2D eigenvalue weighted by molar-refractivity contribution is 7.87. The highest BCUT2D eigenvalue weighted by Crippen LogP contribution is 2.17. The largest absolute Gasteiger partial charge is 0.330 e. The van der Waals surface area contributed by atoms with E-state index in [-0.39, 0.29) is 18.4 Å². The normalized spacial score (nSPS) is 19.8. The molecule has 0 atom stereocenters. The average Bonchev–Trinajstić information content (AvgIpc) is 2.16. The molecular weight excluding hydrogens is 250 g/mol. The SMILES string of the molecule is CC(C)NS(=O)(=O)N1CCC(CN)CC1.Cl. The first-order valence-corrected chi connectivity index (χ1v) is 6.87. The van der Waals surface area contributed by atoms with Crippen LogP contribution < -0.4 is 10.5 Å². The summed E-state index contributed by atoms with van der Waals surface area (Å²) in [6.45, 7) is 5.48. The average molecular weight is 272 g/mol. The molecule has 1 rings (SSSR count). The molecule has 0 aromatic carbocycles. The minimum absolute atomic E-state index is 0. The molecule has 0 aromatic heterocycles. The van der Waals surface area contributed by atoms with Gasteiger partial charge in [0.25, 0.3) is 10.2 Å². The Balaban J connectivity index is 0.00000225. The van der Waals surface area contributed by atoms with Gasteiger partial charge in [-0.2, -0.15) is 17.4 Å². The third kappa shape index (κ3) is 4.55. The molecule has 1 fully saturated rings. The second kappa shape index (κ2) is 6.76. The highest BCUT2D eigenvalue weighted by Gasteiger charge is 2.27. The van der Waals surface area contributed by atoms with Crippen LogP contribution in [0.5, 0.6) is 0 Å². The molecule has 0 saturated carbocycles. The minimum Gasteiger partial charge on any atom is -0.330 e. The van der Waals surface area contributed by atoms with E-state index >= 15 is 0 Å². The number of rotatable bonds is 4. The first-order valence-electron chi connectivity index (χ1n) is 5.43. The Morgan fingerprint density at radius 3 is 2.25 bits per heavy atom. The van der Waals surface area contributed by atoms with E-state index in [9.17, 15) is 8.42 Å². The lowest BCUT2D eigenvalue weighted by molar-refractivity contribution is 0.275. The number of nitrogens with two attached hydrogens (primary N) is 1. The number of nitrogens with zero attached hydrogens (tertiary/aromatic N) is 1. The van der Waals surface area contributed by atoms with E-state index in [1.807, 2.05) is 13.8 Å². The highest BCUT2D eigenvalue weighted by atomic mass is 35.5. The van der Waals surface area contributed by atoms with Crippen LogP contribution >= 0.6 is 12.4 Å². The van der Waals surface area contributed by atoms with Gasteiger partial charge in [0, 0.05) is 19.1 Å². The molecule has 0 spiro atoms. The van der Waals surface area contributed by atoms with Crippen LogP contribution in [0.25, 0.3) is 0 Å². The van der Waals surface area contributed by atoms with Crippen molar-refractivity contribution >= 4 is 22.6 Å². The van der Waals surface area contributed by atoms with Gasteiger partial charge in [0.15, 0.2) is 0 Å². The van der Waals surface area contributed by atoms with E-state index < -0.39 is 10.2 Å². The minimum atomic E-state index is -3.27. The van der Waals surface area contributed by atoms with Crippen molar-refractivity contribution in [2.75, 3.05) is 19.6 Å². The van der Waals surface area contributed by atoms with Gasteiger partial charge in [-0.05, 0) is 39.2 Å². The van der Waals surface area contributed by atoms with Crippen molar-refractivity contribution < 1.29 is 8.42 Å². The molecule has 5 nitrogen and oxygen atoms in total. The summed E-state index contributed by atoms with van der Waals surface area (Å²) in [5, 5.41) is 0. The zero-order valence-corrected chi connectivity index (χ0v) is 11.5. The van der Waals surface area contributed by atoms with Gasteiger partial charge in [0.2, 0.25) is 0 Å². The molecule has 0 radical (unpaired) electrons. The molecule has 7 heteroatoms. The number of halogens is 1. The van der Waals surface area contributed by atoms with Gasteiger partial charge in [-0.3, -0.25) is 0 Å². The summed E-state index contributed by atoms with van der Waals surface area (Å²) in [7, 11) is -3.27. The Hall–Kier alpha value is 0.120. The number of piperidine rings is 1. The molecule has 3 N–H and O–H groups in total. The van der Waals surface area contributed by atoms with E-state index in [2.05, 4.69) is 4.72 Å². The fraction of sp³-hybridized carbons (Fsp3) is 1.00. The Bertz CT molecular complexity index is 287. The summed E-state index contributed by atoms with van der Waals surface area (Å²) in [6.07, 6.45) is 1.74. The second-order valence-electron chi connectivity index (χ2n) is 4.36. The molecule has 0 bridgehead atoms. The lowest BCUT2D eigenvalue weighted by Crippen LogP contribution is -2.47. The maximum atomic E-state index is 11.8. The van der Waals surface area contributed by atoms with Crippen LogP contribution in [0.2, 0.25) is 0 Å². The molecule has 0 aromatic rings. The summed E-state index contributed by atoms with van der Waals surface area (Å²) in [4.78, 5) is 0. The molecule has 0 amide bonds. The van der Waals surface area contributed by atoms with E-state index in [0.717, 1.165) is 12.8 Å². The van der Waals surface area contributed by atoms with Crippen LogP contribution in [0.3, 0.4) is 0 Å². The van der Waals surface area contributed by atoms with Crippen LogP contribution in [0.4, 0.5) is 0 Å². The summed E-state index contributed by atoms with van der Waals surface area (Å²) < 4.78 is 27.7. The van der Waals surface area contributed by atoms with Gasteiger partial charge in [-0.1, -0.05) is 0 Å². The lowest BCUT2D eigenvalue weighted by atomic mass is 9.99. The molecule has 0 aliphatic carbocycles. The van der Waals surface area contributed by atoms with E-state index in [1.54, 1.807) is 0 Å². The maximum Gasteiger partial charge on any atom is 0.279 e. The number of hydrogen-bond acceptors (Lipinski definition) is 3. The Morgan fingerprint density at radius 1 is 1.38 bits per heavy atom. The topological polar surface area (TPSA) is 75.4 Å². The maximum absolute atomic E-state index is 11.8. The van der Waals surface area contributed by atoms with Crippen molar-refractivity contribution in [3.8, 4) is 0 Å². The molecule has 1 aliphatic heterocycles. The Labute approximate surface area is 104 Å². The quantitative estimate of drug-likeness (QED) is 0.773. The summed E-state index contributed by atoms with van der Waals surface area (Å²) >= 11 is 0. The third-order valence-electron chi connectivity index (χ3n) is 2.63. The number of hydrogen-bond donors (Lipinski definition) is 2. The van der Waals surface area contributed by atoms with Gasteiger partial charge >= 0.3 is 0 Å². The first-order chi connectivity index (χ1) is 6.95. The van der Waals surface area contributed by atoms with Gasteiger partial charge in [0.1, 0.15) is 0 Å². The zero-order valence-electron chi connectivity index (χ0n) is 9.85. The first kappa shape index (κ1) is 16.1. The van der Waals surface area contributed by atoms with Crippen molar-refractivity contribution in [1.82, 2.24) is 9.03 Å². The molecule has 1 aliphatic rings. The van der Waals surface area contributed by atoms with E-state index in [4.69, 9.17) is 5.73 Å². The number of nitrogens with one attached hydrogen (secondary N) is 1. The zero-order chi connectivity index (χ0) is 11.5. The Kier molecular flexibility index (Phi) is 6.81. The Morgan fingerprint density at radius 2 is 1.88 bits per heavy atom. The molecule has 16 heavy (non-hydrogen) atoms. The van der Waals surface area contributed by atoms with Crippen molar-refractivity contribution in [2.24, 2.45) is 11.7 Å². The molecule has 0 unspecified atom stereocenters. The predicted molar refractivity (Wildman–Crippen MR) is 67.8 cm³/mol. The van der Waals surface area contributed by atoms with Crippen molar-refractivity contribution in [3.63, 3.8) is 0 Å². The van der Waals surface area contributed by atoms with Crippen LogP contribution in [-0.4, -0.2) is 38.4 Å². The van der Waals surface area contributed by atoms with Gasteiger partial charge in [-0.25, -0.2) is 0 Å². The van der Waals surface area contributed by atoms with E-state index in [1.165, 1.54) is 4.31 Å². The molecule has 1 heterocycles. The molecule has 98 valence electrons. The third-order valence-corrected chi connectivity index (χ3v) is 4.45. The van der Waals surface area contributed by atoms with Crippen LogP contribution in [0.1, 0.15) is 26.7 Å². The monoisotopic (exact) mass is 271 g/mol. The standard InChI is InChI=1S/C9H21N3O2S.ClH/c1-8(2)11-15(13,14)12-5-3-9(7-10)4-6-12;/h8-9,11H,3-7,10H2,1-2H3;1H. The van der Waals surface area contributed by atoms with Gasteiger partial charge in [-0.15, -0.1) is 12.4 Å². The van der Waals surface area contributed by atoms with Gasteiger partial charge < -0.3 is 5.73 Å². The lowest BCUT2D eigenvalue weighted by Gasteiger charge is -2.31. The van der Waals surface area contributed by atoms with Crippen LogP contribution in [0, 0.1) is 5.92 Å². The smallest absolute Gasteiger partial charge is 0.279 e. The second-order valence-corrected chi connectivity index (χ2v) is 6.06. The predicted octanol–water partition coefficient (Wildman–Crippen LogP) is 0.322. The fourth-order valence-electron chi connectivity index (χ4n) is 1.76. The van der Waals surface area contributed by atoms with Gasteiger partial charge in [0.05, 0.1) is 0 Å². The van der Waals surface area contributed by atoms with E-state index in [0.29, 0.717) is 25.6 Å². The summed E-state index contributed by atoms with van der Waals surface area (Å²) in [5.74, 6) is 0.482. The fourth-order valence-corrected chi connectivity index (χ4v) is 3.19. The summed E-state index contributed by atoms with van der Waals surface area (Å²) in [5.41, 5.74) is 5.55. The molecular formula is C9H22ClN3O2S. The van der Waals surface area contributed by atoms with Crippen LogP contribution in [-0.2, 0) is 10.2 Å².